The number of epoxide rings is 1. The number of carbonyl (C=O) groups is 1. The Morgan fingerprint density at radius 2 is 1.66 bits per heavy atom. The fraction of sp³-hybridized carbons (Fsp3) is 0.914. The summed E-state index contributed by atoms with van der Waals surface area (Å²) in [4.78, 5) is 12.8. The maximum atomic E-state index is 12.8. The normalized spacial score (nSPS) is 56.2. The zero-order chi connectivity index (χ0) is 29.5. The molecule has 5 saturated carbocycles. The maximum Gasteiger partial charge on any atom is 0.333 e. The molecule has 0 aromatic rings. The first-order chi connectivity index (χ1) is 19.1. The molecule has 2 aliphatic heterocycles. The second-order valence-corrected chi connectivity index (χ2v) is 17.1. The summed E-state index contributed by atoms with van der Waals surface area (Å²) < 4.78 is 18.2. The summed E-state index contributed by atoms with van der Waals surface area (Å²) in [6, 6.07) is 0. The number of aliphatic hydroxyl groups is 2. The number of ether oxygens (including phenoxy) is 3. The molecular weight excluding hydrogens is 516 g/mol. The van der Waals surface area contributed by atoms with Crippen molar-refractivity contribution in [3.63, 3.8) is 0 Å². The van der Waals surface area contributed by atoms with Crippen molar-refractivity contribution in [3.8, 4) is 0 Å². The zero-order valence-corrected chi connectivity index (χ0v) is 26.7. The molecule has 0 amide bonds. The Hall–Kier alpha value is -0.950. The van der Waals surface area contributed by atoms with E-state index in [-0.39, 0.29) is 69.0 Å². The van der Waals surface area contributed by atoms with Crippen molar-refractivity contribution in [1.82, 2.24) is 0 Å². The van der Waals surface area contributed by atoms with Gasteiger partial charge in [-0.1, -0.05) is 33.8 Å². The van der Waals surface area contributed by atoms with Crippen LogP contribution in [0.25, 0.3) is 0 Å². The first kappa shape index (κ1) is 28.8. The zero-order valence-electron chi connectivity index (χ0n) is 26.7. The SMILES string of the molecule is CC=C(C)C(=O)OC1CCC2(C)C(CC(O)C3(C)C2CCC24CC23CCC4C2CC(C3OC3(C)C)OC2O)C1(C)C. The number of carbonyl (C=O) groups excluding carboxylic acids is 1. The molecular formula is C35H54O6. The Bertz CT molecular complexity index is 1160. The molecule has 6 heteroatoms. The van der Waals surface area contributed by atoms with E-state index in [9.17, 15) is 15.0 Å². The molecule has 0 bridgehead atoms. The minimum atomic E-state index is -0.704. The van der Waals surface area contributed by atoms with E-state index in [1.165, 1.54) is 12.8 Å². The second-order valence-electron chi connectivity index (χ2n) is 17.1. The molecule has 13 atom stereocenters. The van der Waals surface area contributed by atoms with Crippen LogP contribution in [0, 0.1) is 50.7 Å². The summed E-state index contributed by atoms with van der Waals surface area (Å²) in [7, 11) is 0. The fourth-order valence-corrected chi connectivity index (χ4v) is 12.9. The van der Waals surface area contributed by atoms with Crippen LogP contribution in [-0.2, 0) is 19.0 Å². The Morgan fingerprint density at radius 1 is 0.951 bits per heavy atom. The van der Waals surface area contributed by atoms with Gasteiger partial charge < -0.3 is 24.4 Å². The molecule has 2 saturated heterocycles. The monoisotopic (exact) mass is 570 g/mol. The van der Waals surface area contributed by atoms with Crippen LogP contribution in [0.3, 0.4) is 0 Å². The number of allylic oxidation sites excluding steroid dienone is 1. The molecule has 0 spiro atoms. The first-order valence-electron chi connectivity index (χ1n) is 16.6. The molecule has 2 heterocycles. The van der Waals surface area contributed by atoms with Gasteiger partial charge in [0.2, 0.25) is 0 Å². The summed E-state index contributed by atoms with van der Waals surface area (Å²) >= 11 is 0. The Morgan fingerprint density at radius 3 is 2.32 bits per heavy atom. The third kappa shape index (κ3) is 3.48. The van der Waals surface area contributed by atoms with E-state index >= 15 is 0 Å². The average molecular weight is 571 g/mol. The van der Waals surface area contributed by atoms with Crippen molar-refractivity contribution >= 4 is 5.97 Å². The van der Waals surface area contributed by atoms with Crippen LogP contribution in [0.1, 0.15) is 113 Å². The van der Waals surface area contributed by atoms with E-state index in [2.05, 4.69) is 41.5 Å². The minimum Gasteiger partial charge on any atom is -0.458 e. The van der Waals surface area contributed by atoms with Crippen LogP contribution in [0.4, 0.5) is 0 Å². The van der Waals surface area contributed by atoms with Crippen LogP contribution in [-0.4, -0.2) is 52.5 Å². The number of hydrogen-bond acceptors (Lipinski definition) is 6. The van der Waals surface area contributed by atoms with E-state index in [0.717, 1.165) is 44.9 Å². The summed E-state index contributed by atoms with van der Waals surface area (Å²) in [5.41, 5.74) is 0.673. The van der Waals surface area contributed by atoms with Gasteiger partial charge in [-0.05, 0) is 119 Å². The highest BCUT2D eigenvalue weighted by Crippen LogP contribution is 2.91. The molecule has 13 unspecified atom stereocenters. The summed E-state index contributed by atoms with van der Waals surface area (Å²) in [5, 5.41) is 23.4. The summed E-state index contributed by atoms with van der Waals surface area (Å²) in [5.74, 6) is 1.17. The van der Waals surface area contributed by atoms with E-state index in [4.69, 9.17) is 14.2 Å². The van der Waals surface area contributed by atoms with Gasteiger partial charge in [0, 0.05) is 22.3 Å². The van der Waals surface area contributed by atoms with Gasteiger partial charge in [-0.2, -0.15) is 0 Å². The topological polar surface area (TPSA) is 88.5 Å². The quantitative estimate of drug-likeness (QED) is 0.239. The predicted molar refractivity (Wildman–Crippen MR) is 156 cm³/mol. The fourth-order valence-electron chi connectivity index (χ4n) is 12.9. The lowest BCUT2D eigenvalue weighted by atomic mass is 9.37. The first-order valence-corrected chi connectivity index (χ1v) is 16.6. The maximum absolute atomic E-state index is 12.8. The van der Waals surface area contributed by atoms with Crippen molar-refractivity contribution in [1.29, 1.82) is 0 Å². The molecule has 7 rings (SSSR count). The van der Waals surface area contributed by atoms with E-state index in [0.29, 0.717) is 23.3 Å². The van der Waals surface area contributed by atoms with Crippen LogP contribution in [0.5, 0.6) is 0 Å². The van der Waals surface area contributed by atoms with Gasteiger partial charge in [0.05, 0.1) is 17.8 Å². The highest BCUT2D eigenvalue weighted by Gasteiger charge is 2.86. The molecule has 41 heavy (non-hydrogen) atoms. The number of rotatable bonds is 4. The van der Waals surface area contributed by atoms with Crippen molar-refractivity contribution in [3.05, 3.63) is 11.6 Å². The van der Waals surface area contributed by atoms with Crippen LogP contribution < -0.4 is 0 Å². The van der Waals surface area contributed by atoms with E-state index in [1.807, 2.05) is 19.9 Å². The van der Waals surface area contributed by atoms with Gasteiger partial charge in [0.1, 0.15) is 12.2 Å². The largest absolute Gasteiger partial charge is 0.458 e. The Balaban J connectivity index is 1.15. The number of fused-ring (bicyclic) bond motifs is 3. The van der Waals surface area contributed by atoms with Crippen molar-refractivity contribution in [2.24, 2.45) is 50.7 Å². The highest BCUT2D eigenvalue weighted by molar-refractivity contribution is 5.87. The predicted octanol–water partition coefficient (Wildman–Crippen LogP) is 6.18. The Kier molecular flexibility index (Phi) is 6.05. The number of hydrogen-bond donors (Lipinski definition) is 2. The van der Waals surface area contributed by atoms with Gasteiger partial charge >= 0.3 is 5.97 Å². The van der Waals surface area contributed by atoms with E-state index < -0.39 is 6.29 Å². The molecule has 5 aliphatic carbocycles. The summed E-state index contributed by atoms with van der Waals surface area (Å²) in [6.45, 7) is 17.5. The smallest absolute Gasteiger partial charge is 0.333 e. The van der Waals surface area contributed by atoms with Crippen molar-refractivity contribution in [2.75, 3.05) is 0 Å². The molecule has 0 aromatic carbocycles. The lowest BCUT2D eigenvalue weighted by Gasteiger charge is -2.68. The van der Waals surface area contributed by atoms with Gasteiger partial charge in [0.15, 0.2) is 6.29 Å². The third-order valence-electron chi connectivity index (χ3n) is 15.2. The third-order valence-corrected chi connectivity index (χ3v) is 15.2. The average Bonchev–Trinajstić information content (AvgIpc) is 3.66. The van der Waals surface area contributed by atoms with Gasteiger partial charge in [-0.25, -0.2) is 4.79 Å². The Labute approximate surface area is 247 Å². The molecule has 7 fully saturated rings. The van der Waals surface area contributed by atoms with E-state index in [1.54, 1.807) is 0 Å². The number of aliphatic hydroxyl groups excluding tert-OH is 2. The molecule has 0 radical (unpaired) electrons. The standard InChI is InChI=1S/C35H54O6/c1-9-19(2)28(37)40-26-12-13-32(7)23-11-14-34-18-35(34,33(23,8)25(36)17-24(32)30(26,3)4)15-10-21(34)20-16-22(39-29(20)38)27-31(5,6)41-27/h9,20-27,29,36,38H,10-18H2,1-8H3. The van der Waals surface area contributed by atoms with Gasteiger partial charge in [-0.3, -0.25) is 0 Å². The molecule has 6 nitrogen and oxygen atoms in total. The van der Waals surface area contributed by atoms with Gasteiger partial charge in [-0.15, -0.1) is 0 Å². The van der Waals surface area contributed by atoms with Gasteiger partial charge in [0.25, 0.3) is 0 Å². The molecule has 0 aromatic heterocycles. The highest BCUT2D eigenvalue weighted by atomic mass is 16.7. The lowest BCUT2D eigenvalue weighted by Crippen LogP contribution is -2.66. The van der Waals surface area contributed by atoms with Crippen LogP contribution in [0.2, 0.25) is 0 Å². The van der Waals surface area contributed by atoms with Crippen LogP contribution in [0.15, 0.2) is 11.6 Å². The second kappa shape index (κ2) is 8.61. The van der Waals surface area contributed by atoms with Crippen molar-refractivity contribution < 1.29 is 29.2 Å². The van der Waals surface area contributed by atoms with Crippen molar-refractivity contribution in [2.45, 2.75) is 149 Å². The molecule has 2 N–H and O–H groups in total. The minimum absolute atomic E-state index is 0.00913. The lowest BCUT2D eigenvalue weighted by molar-refractivity contribution is -0.245. The summed E-state index contributed by atoms with van der Waals surface area (Å²) in [6.07, 6.45) is 10.1. The molecule has 230 valence electrons. The number of esters is 1. The molecule has 7 aliphatic rings. The van der Waals surface area contributed by atoms with Crippen LogP contribution >= 0.6 is 0 Å².